The lowest BCUT2D eigenvalue weighted by Gasteiger charge is -2.38. The van der Waals surface area contributed by atoms with Crippen LogP contribution in [-0.4, -0.2) is 48.3 Å². The fourth-order valence-corrected chi connectivity index (χ4v) is 5.29. The van der Waals surface area contributed by atoms with Crippen molar-refractivity contribution in [3.8, 4) is 5.88 Å². The molecule has 0 aliphatic heterocycles. The molecule has 0 bridgehead atoms. The van der Waals surface area contributed by atoms with E-state index in [2.05, 4.69) is 45.1 Å². The third-order valence-corrected chi connectivity index (χ3v) is 7.44. The lowest BCUT2D eigenvalue weighted by atomic mass is 9.72. The molecular weight excluding hydrogens is 536 g/mol. The van der Waals surface area contributed by atoms with Crippen LogP contribution in [0.25, 0.3) is 10.9 Å². The summed E-state index contributed by atoms with van der Waals surface area (Å²) in [7, 11) is 5.71. The third-order valence-electron chi connectivity index (χ3n) is 6.70. The van der Waals surface area contributed by atoms with Gasteiger partial charge in [0.05, 0.1) is 18.2 Å². The Hall–Kier alpha value is -2.44. The van der Waals surface area contributed by atoms with Crippen molar-refractivity contribution in [2.24, 2.45) is 0 Å². The molecule has 3 aromatic carbocycles. The fraction of sp³-hybridized carbons (Fsp3) is 0.300. The van der Waals surface area contributed by atoms with E-state index in [4.69, 9.17) is 21.3 Å². The van der Waals surface area contributed by atoms with Crippen LogP contribution >= 0.6 is 27.5 Å². The van der Waals surface area contributed by atoms with Gasteiger partial charge in [0.2, 0.25) is 5.88 Å². The Labute approximate surface area is 227 Å². The Bertz CT molecular complexity index is 1300. The molecule has 0 saturated heterocycles. The predicted octanol–water partition coefficient (Wildman–Crippen LogP) is 7.11. The van der Waals surface area contributed by atoms with Gasteiger partial charge in [-0.1, -0.05) is 70.0 Å². The Morgan fingerprint density at radius 1 is 1.00 bits per heavy atom. The topological polar surface area (TPSA) is 45.6 Å². The van der Waals surface area contributed by atoms with Gasteiger partial charge in [-0.25, -0.2) is 4.98 Å². The van der Waals surface area contributed by atoms with Crippen LogP contribution in [0.15, 0.2) is 83.3 Å². The van der Waals surface area contributed by atoms with Crippen LogP contribution in [0.1, 0.15) is 35.4 Å². The summed E-state index contributed by atoms with van der Waals surface area (Å²) in [4.78, 5) is 6.95. The number of pyridine rings is 1. The molecule has 2 unspecified atom stereocenters. The number of hydrogen-bond acceptors (Lipinski definition) is 4. The zero-order valence-electron chi connectivity index (χ0n) is 20.9. The number of rotatable bonds is 10. The van der Waals surface area contributed by atoms with Gasteiger partial charge >= 0.3 is 0 Å². The number of aromatic nitrogens is 1. The maximum absolute atomic E-state index is 12.5. The molecule has 0 spiro atoms. The quantitative estimate of drug-likeness (QED) is 0.222. The second-order valence-corrected chi connectivity index (χ2v) is 10.9. The molecule has 0 fully saturated rings. The number of aliphatic hydroxyl groups is 1. The first-order valence-electron chi connectivity index (χ1n) is 12.1. The summed E-state index contributed by atoms with van der Waals surface area (Å²) in [6, 6.07) is 26.2. The molecule has 0 amide bonds. The van der Waals surface area contributed by atoms with Crippen molar-refractivity contribution >= 4 is 38.4 Å². The lowest BCUT2D eigenvalue weighted by molar-refractivity contribution is 0.000778. The van der Waals surface area contributed by atoms with Crippen molar-refractivity contribution in [3.05, 3.63) is 105 Å². The van der Waals surface area contributed by atoms with Gasteiger partial charge in [0.25, 0.3) is 0 Å². The van der Waals surface area contributed by atoms with E-state index in [1.54, 1.807) is 7.11 Å². The number of fused-ring (bicyclic) bond motifs is 1. The number of aryl methyl sites for hydroxylation is 1. The molecule has 4 aromatic rings. The number of benzene rings is 3. The van der Waals surface area contributed by atoms with Crippen molar-refractivity contribution in [1.82, 2.24) is 9.88 Å². The summed E-state index contributed by atoms with van der Waals surface area (Å²) in [6.07, 6.45) is 1.88. The highest BCUT2D eigenvalue weighted by atomic mass is 79.9. The molecule has 2 atom stereocenters. The van der Waals surface area contributed by atoms with Crippen LogP contribution < -0.4 is 4.74 Å². The van der Waals surface area contributed by atoms with Gasteiger partial charge < -0.3 is 14.7 Å². The van der Waals surface area contributed by atoms with E-state index in [0.717, 1.165) is 45.0 Å². The number of methoxy groups -OCH3 is 1. The van der Waals surface area contributed by atoms with Crippen LogP contribution in [-0.2, 0) is 6.42 Å². The molecule has 1 aromatic heterocycles. The van der Waals surface area contributed by atoms with Gasteiger partial charge in [-0.05, 0) is 80.9 Å². The second kappa shape index (κ2) is 11.7. The molecule has 188 valence electrons. The van der Waals surface area contributed by atoms with E-state index in [1.165, 1.54) is 0 Å². The van der Waals surface area contributed by atoms with Gasteiger partial charge in [0, 0.05) is 32.9 Å². The van der Waals surface area contributed by atoms with E-state index in [9.17, 15) is 5.11 Å². The van der Waals surface area contributed by atoms with E-state index < -0.39 is 5.60 Å². The standard InChI is InChI=1S/C30H32BrClN2O2/c1-34(2)18-17-30(35,16-15-21-9-12-25(32)13-10-21)28(22-7-5-4-6-8-22)26-20-23-19-24(31)11-14-27(23)33-29(26)36-3/h4-14,19-20,28,35H,15-18H2,1-3H3. The largest absolute Gasteiger partial charge is 0.481 e. The smallest absolute Gasteiger partial charge is 0.217 e. The molecule has 0 saturated carbocycles. The first-order chi connectivity index (χ1) is 17.3. The van der Waals surface area contributed by atoms with Gasteiger partial charge in [0.1, 0.15) is 0 Å². The van der Waals surface area contributed by atoms with E-state index in [0.29, 0.717) is 23.7 Å². The zero-order chi connectivity index (χ0) is 25.7. The number of ether oxygens (including phenoxy) is 1. The Kier molecular flexibility index (Phi) is 8.68. The van der Waals surface area contributed by atoms with E-state index >= 15 is 0 Å². The van der Waals surface area contributed by atoms with Crippen LogP contribution in [0, 0.1) is 0 Å². The van der Waals surface area contributed by atoms with Crippen LogP contribution in [0.3, 0.4) is 0 Å². The zero-order valence-corrected chi connectivity index (χ0v) is 23.3. The lowest BCUT2D eigenvalue weighted by Crippen LogP contribution is -2.40. The molecule has 36 heavy (non-hydrogen) atoms. The molecule has 4 nitrogen and oxygen atoms in total. The molecule has 0 radical (unpaired) electrons. The molecule has 1 heterocycles. The normalized spacial score (nSPS) is 14.1. The maximum Gasteiger partial charge on any atom is 0.217 e. The van der Waals surface area contributed by atoms with Gasteiger partial charge in [0.15, 0.2) is 0 Å². The minimum absolute atomic E-state index is 0.336. The first kappa shape index (κ1) is 26.6. The molecule has 1 N–H and O–H groups in total. The van der Waals surface area contributed by atoms with Crippen molar-refractivity contribution < 1.29 is 9.84 Å². The highest BCUT2D eigenvalue weighted by Crippen LogP contribution is 2.44. The SMILES string of the molecule is COc1nc2ccc(Br)cc2cc1C(c1ccccc1)C(O)(CCc1ccc(Cl)cc1)CCN(C)C. The summed E-state index contributed by atoms with van der Waals surface area (Å²) in [5.41, 5.74) is 2.85. The van der Waals surface area contributed by atoms with Gasteiger partial charge in [-0.2, -0.15) is 0 Å². The summed E-state index contributed by atoms with van der Waals surface area (Å²) in [5.74, 6) is 0.199. The molecular formula is C30H32BrClN2O2. The Morgan fingerprint density at radius 3 is 2.39 bits per heavy atom. The second-order valence-electron chi connectivity index (χ2n) is 9.55. The number of hydrogen-bond donors (Lipinski definition) is 1. The van der Waals surface area contributed by atoms with E-state index in [-0.39, 0.29) is 5.92 Å². The summed E-state index contributed by atoms with van der Waals surface area (Å²) in [6.45, 7) is 0.745. The average Bonchev–Trinajstić information content (AvgIpc) is 2.87. The number of nitrogens with zero attached hydrogens (tertiary/aromatic N) is 2. The van der Waals surface area contributed by atoms with Crippen LogP contribution in [0.2, 0.25) is 5.02 Å². The average molecular weight is 568 g/mol. The fourth-order valence-electron chi connectivity index (χ4n) is 4.78. The van der Waals surface area contributed by atoms with E-state index in [1.807, 2.05) is 68.7 Å². The molecule has 0 aliphatic rings. The van der Waals surface area contributed by atoms with Crippen molar-refractivity contribution in [3.63, 3.8) is 0 Å². The van der Waals surface area contributed by atoms with Crippen LogP contribution in [0.4, 0.5) is 0 Å². The van der Waals surface area contributed by atoms with Crippen molar-refractivity contribution in [2.45, 2.75) is 30.8 Å². The predicted molar refractivity (Wildman–Crippen MR) is 152 cm³/mol. The summed E-state index contributed by atoms with van der Waals surface area (Å²) >= 11 is 9.70. The molecule has 0 aliphatic carbocycles. The van der Waals surface area contributed by atoms with Crippen molar-refractivity contribution in [1.29, 1.82) is 0 Å². The van der Waals surface area contributed by atoms with Gasteiger partial charge in [-0.15, -0.1) is 0 Å². The summed E-state index contributed by atoms with van der Waals surface area (Å²) < 4.78 is 6.81. The molecule has 4 rings (SSSR count). The minimum atomic E-state index is -1.06. The number of halogens is 2. The maximum atomic E-state index is 12.5. The monoisotopic (exact) mass is 566 g/mol. The Morgan fingerprint density at radius 2 is 1.72 bits per heavy atom. The Balaban J connectivity index is 1.86. The van der Waals surface area contributed by atoms with Gasteiger partial charge in [-0.3, -0.25) is 0 Å². The minimum Gasteiger partial charge on any atom is -0.481 e. The highest BCUT2D eigenvalue weighted by molar-refractivity contribution is 9.10. The molecule has 6 heteroatoms. The van der Waals surface area contributed by atoms with Crippen molar-refractivity contribution in [2.75, 3.05) is 27.7 Å². The summed E-state index contributed by atoms with van der Waals surface area (Å²) in [5, 5.41) is 14.2. The highest BCUT2D eigenvalue weighted by Gasteiger charge is 2.40. The third kappa shape index (κ3) is 6.27. The van der Waals surface area contributed by atoms with Crippen LogP contribution in [0.5, 0.6) is 5.88 Å². The first-order valence-corrected chi connectivity index (χ1v) is 13.3.